The Bertz CT molecular complexity index is 330. The Labute approximate surface area is 77.1 Å². The first-order valence-electron chi connectivity index (χ1n) is 3.35. The number of benzene rings is 1. The van der Waals surface area contributed by atoms with Crippen LogP contribution in [0.2, 0.25) is 5.02 Å². The zero-order valence-corrected chi connectivity index (χ0v) is 7.30. The van der Waals surface area contributed by atoms with E-state index in [4.69, 9.17) is 11.6 Å². The highest BCUT2D eigenvalue weighted by Crippen LogP contribution is 2.35. The first kappa shape index (κ1) is 10.3. The lowest BCUT2D eigenvalue weighted by Crippen LogP contribution is -2.06. The van der Waals surface area contributed by atoms with Gasteiger partial charge in [0.15, 0.2) is 0 Å². The van der Waals surface area contributed by atoms with Crippen LogP contribution in [0.3, 0.4) is 0 Å². The fourth-order valence-electron chi connectivity index (χ4n) is 0.874. The molecule has 0 unspecified atom stereocenters. The molecule has 0 nitrogen and oxygen atoms in total. The van der Waals surface area contributed by atoms with Gasteiger partial charge in [-0.25, -0.2) is 4.39 Å². The van der Waals surface area contributed by atoms with Gasteiger partial charge in [0.2, 0.25) is 0 Å². The maximum atomic E-state index is 12.7. The predicted octanol–water partition coefficient (Wildman–Crippen LogP) is 3.81. The summed E-state index contributed by atoms with van der Waals surface area (Å²) >= 11 is 5.23. The molecule has 13 heavy (non-hydrogen) atoms. The molecule has 0 amide bonds. The molecule has 1 aromatic rings. The molecule has 0 radical (unpaired) electrons. The zero-order valence-electron chi connectivity index (χ0n) is 6.54. The number of rotatable bonds is 0. The third-order valence-electron chi connectivity index (χ3n) is 1.55. The van der Waals surface area contributed by atoms with Crippen molar-refractivity contribution < 1.29 is 17.6 Å². The van der Waals surface area contributed by atoms with Crippen molar-refractivity contribution in [1.29, 1.82) is 0 Å². The van der Waals surface area contributed by atoms with Gasteiger partial charge in [0.25, 0.3) is 0 Å². The van der Waals surface area contributed by atoms with Gasteiger partial charge in [-0.1, -0.05) is 11.6 Å². The van der Waals surface area contributed by atoms with Crippen molar-refractivity contribution in [1.82, 2.24) is 0 Å². The molecule has 0 aliphatic rings. The van der Waals surface area contributed by atoms with E-state index in [1.807, 2.05) is 0 Å². The summed E-state index contributed by atoms with van der Waals surface area (Å²) in [5.74, 6) is -0.738. The van der Waals surface area contributed by atoms with Crippen LogP contribution in [0.5, 0.6) is 0 Å². The summed E-state index contributed by atoms with van der Waals surface area (Å²) in [6, 6.07) is 1.36. The van der Waals surface area contributed by atoms with Crippen molar-refractivity contribution in [3.05, 3.63) is 34.1 Å². The van der Waals surface area contributed by atoms with Crippen LogP contribution >= 0.6 is 11.6 Å². The smallest absolute Gasteiger partial charge is 0.207 e. The second kappa shape index (κ2) is 3.18. The van der Waals surface area contributed by atoms with Gasteiger partial charge >= 0.3 is 6.18 Å². The normalized spacial score (nSPS) is 11.8. The van der Waals surface area contributed by atoms with Crippen LogP contribution in [0.15, 0.2) is 12.1 Å². The van der Waals surface area contributed by atoms with Crippen molar-refractivity contribution in [3.63, 3.8) is 0 Å². The fraction of sp³-hybridized carbons (Fsp3) is 0.250. The summed E-state index contributed by atoms with van der Waals surface area (Å²) in [5, 5.41) is -0.615. The van der Waals surface area contributed by atoms with E-state index in [1.54, 1.807) is 0 Å². The highest BCUT2D eigenvalue weighted by Gasteiger charge is 2.33. The molecule has 0 saturated heterocycles. The lowest BCUT2D eigenvalue weighted by molar-refractivity contribution is -0.137. The van der Waals surface area contributed by atoms with E-state index in [0.717, 1.165) is 0 Å². The van der Waals surface area contributed by atoms with Crippen LogP contribution < -0.4 is 0 Å². The van der Waals surface area contributed by atoms with Crippen molar-refractivity contribution in [2.24, 2.45) is 0 Å². The van der Waals surface area contributed by atoms with E-state index >= 15 is 0 Å². The summed E-state index contributed by atoms with van der Waals surface area (Å²) in [5.41, 5.74) is -1.08. The standard InChI is InChI=1S/C8H5ClF4/c1-4-2-5(8(11,12)13)6(9)3-7(4)10/h2-3H,1H3. The summed E-state index contributed by atoms with van der Waals surface area (Å²) in [6.45, 7) is 1.25. The molecule has 0 atom stereocenters. The fourth-order valence-corrected chi connectivity index (χ4v) is 1.13. The second-order valence-electron chi connectivity index (χ2n) is 2.58. The molecule has 0 fully saturated rings. The lowest BCUT2D eigenvalue weighted by atomic mass is 10.1. The average molecular weight is 213 g/mol. The van der Waals surface area contributed by atoms with Gasteiger partial charge in [-0.05, 0) is 24.6 Å². The molecule has 0 heterocycles. The van der Waals surface area contributed by atoms with E-state index in [0.29, 0.717) is 12.1 Å². The number of hydrogen-bond acceptors (Lipinski definition) is 0. The molecule has 5 heteroatoms. The molecular weight excluding hydrogens is 208 g/mol. The van der Waals surface area contributed by atoms with E-state index < -0.39 is 22.6 Å². The Morgan fingerprint density at radius 2 is 1.77 bits per heavy atom. The Hall–Kier alpha value is -0.770. The molecule has 0 saturated carbocycles. The third kappa shape index (κ3) is 2.12. The Morgan fingerprint density at radius 3 is 2.23 bits per heavy atom. The van der Waals surface area contributed by atoms with Crippen molar-refractivity contribution in [3.8, 4) is 0 Å². The van der Waals surface area contributed by atoms with Gasteiger partial charge in [-0.3, -0.25) is 0 Å². The lowest BCUT2D eigenvalue weighted by Gasteiger charge is -2.09. The first-order valence-corrected chi connectivity index (χ1v) is 3.73. The minimum absolute atomic E-state index is 0.0725. The average Bonchev–Trinajstić information content (AvgIpc) is 1.94. The van der Waals surface area contributed by atoms with E-state index in [2.05, 4.69) is 0 Å². The van der Waals surface area contributed by atoms with Crippen LogP contribution in [-0.2, 0) is 6.18 Å². The minimum atomic E-state index is -4.53. The van der Waals surface area contributed by atoms with Gasteiger partial charge in [-0.2, -0.15) is 13.2 Å². The predicted molar refractivity (Wildman–Crippen MR) is 41.1 cm³/mol. The Kier molecular flexibility index (Phi) is 2.52. The number of halogens is 5. The number of alkyl halides is 3. The van der Waals surface area contributed by atoms with Gasteiger partial charge in [0.1, 0.15) is 5.82 Å². The molecule has 0 aliphatic heterocycles. The van der Waals surface area contributed by atoms with Crippen LogP contribution in [0.1, 0.15) is 11.1 Å². The second-order valence-corrected chi connectivity index (χ2v) is 2.99. The first-order chi connectivity index (χ1) is 5.82. The Balaban J connectivity index is 3.32. The highest BCUT2D eigenvalue weighted by molar-refractivity contribution is 6.31. The molecule has 1 aromatic carbocycles. The molecule has 72 valence electrons. The molecular formula is C8H5ClF4. The van der Waals surface area contributed by atoms with E-state index in [9.17, 15) is 17.6 Å². The van der Waals surface area contributed by atoms with Gasteiger partial charge < -0.3 is 0 Å². The van der Waals surface area contributed by atoms with E-state index in [-0.39, 0.29) is 5.56 Å². The minimum Gasteiger partial charge on any atom is -0.207 e. The largest absolute Gasteiger partial charge is 0.417 e. The Morgan fingerprint density at radius 1 is 1.23 bits per heavy atom. The monoisotopic (exact) mass is 212 g/mol. The maximum Gasteiger partial charge on any atom is 0.417 e. The van der Waals surface area contributed by atoms with E-state index in [1.165, 1.54) is 6.92 Å². The summed E-state index contributed by atoms with van der Waals surface area (Å²) in [7, 11) is 0. The van der Waals surface area contributed by atoms with Crippen LogP contribution in [-0.4, -0.2) is 0 Å². The summed E-state index contributed by atoms with van der Waals surface area (Å²) < 4.78 is 49.2. The van der Waals surface area contributed by atoms with Crippen LogP contribution in [0.25, 0.3) is 0 Å². The molecule has 0 spiro atoms. The molecule has 0 aliphatic carbocycles. The molecule has 0 aromatic heterocycles. The third-order valence-corrected chi connectivity index (χ3v) is 1.87. The summed E-state index contributed by atoms with van der Waals surface area (Å²) in [6.07, 6.45) is -4.53. The van der Waals surface area contributed by atoms with Gasteiger partial charge in [-0.15, -0.1) is 0 Å². The topological polar surface area (TPSA) is 0 Å². The van der Waals surface area contributed by atoms with Gasteiger partial charge in [0, 0.05) is 0 Å². The van der Waals surface area contributed by atoms with Crippen LogP contribution in [0, 0.1) is 12.7 Å². The highest BCUT2D eigenvalue weighted by atomic mass is 35.5. The van der Waals surface area contributed by atoms with Crippen LogP contribution in [0.4, 0.5) is 17.6 Å². The number of aryl methyl sites for hydroxylation is 1. The SMILES string of the molecule is Cc1cc(C(F)(F)F)c(Cl)cc1F. The quantitative estimate of drug-likeness (QED) is 0.574. The molecule has 0 N–H and O–H groups in total. The molecule has 1 rings (SSSR count). The van der Waals surface area contributed by atoms with Crippen molar-refractivity contribution >= 4 is 11.6 Å². The van der Waals surface area contributed by atoms with Crippen molar-refractivity contribution in [2.45, 2.75) is 13.1 Å². The summed E-state index contributed by atoms with van der Waals surface area (Å²) in [4.78, 5) is 0. The number of hydrogen-bond donors (Lipinski definition) is 0. The van der Waals surface area contributed by atoms with Crippen molar-refractivity contribution in [2.75, 3.05) is 0 Å². The van der Waals surface area contributed by atoms with Gasteiger partial charge in [0.05, 0.1) is 10.6 Å². The zero-order chi connectivity index (χ0) is 10.2. The maximum absolute atomic E-state index is 12.7. The molecule has 0 bridgehead atoms.